The molecule has 3 aromatic rings. The van der Waals surface area contributed by atoms with Crippen molar-refractivity contribution < 1.29 is 9.53 Å². The predicted molar refractivity (Wildman–Crippen MR) is 129 cm³/mol. The van der Waals surface area contributed by atoms with E-state index in [-0.39, 0.29) is 11.9 Å². The van der Waals surface area contributed by atoms with E-state index in [1.165, 1.54) is 24.6 Å². The maximum atomic E-state index is 12.7. The maximum absolute atomic E-state index is 12.7. The van der Waals surface area contributed by atoms with Gasteiger partial charge in [0.1, 0.15) is 10.8 Å². The van der Waals surface area contributed by atoms with Crippen molar-refractivity contribution in [2.24, 2.45) is 11.8 Å². The summed E-state index contributed by atoms with van der Waals surface area (Å²) in [6, 6.07) is 10.2. The van der Waals surface area contributed by atoms with Gasteiger partial charge in [0.15, 0.2) is 5.65 Å². The molecule has 3 unspecified atom stereocenters. The molecule has 0 aliphatic heterocycles. The summed E-state index contributed by atoms with van der Waals surface area (Å²) in [5.41, 5.74) is 4.48. The van der Waals surface area contributed by atoms with Crippen LogP contribution in [0.4, 0.5) is 0 Å². The molecule has 3 atom stereocenters. The first-order valence-electron chi connectivity index (χ1n) is 11.3. The van der Waals surface area contributed by atoms with E-state index in [9.17, 15) is 4.79 Å². The van der Waals surface area contributed by atoms with Gasteiger partial charge in [-0.3, -0.25) is 4.79 Å². The van der Waals surface area contributed by atoms with Gasteiger partial charge in [-0.2, -0.15) is 5.10 Å². The fraction of sp³-hybridized carbons (Fsp3) is 0.480. The fourth-order valence-corrected chi connectivity index (χ4v) is 5.52. The van der Waals surface area contributed by atoms with Crippen LogP contribution in [0.1, 0.15) is 44.5 Å². The average molecular weight is 453 g/mol. The largest absolute Gasteiger partial charge is 0.496 e. The van der Waals surface area contributed by atoms with Crippen molar-refractivity contribution in [1.82, 2.24) is 19.9 Å². The SMILES string of the molecule is COc1ccccc1-c1c(C)nn2c(SCC(=O)NC3CCCC(C)C3C)cc(C)nc12. The smallest absolute Gasteiger partial charge is 0.230 e. The van der Waals surface area contributed by atoms with Crippen LogP contribution in [0.25, 0.3) is 16.8 Å². The predicted octanol–water partition coefficient (Wildman–Crippen LogP) is 5.05. The molecule has 2 heterocycles. The lowest BCUT2D eigenvalue weighted by Crippen LogP contribution is -2.44. The molecule has 32 heavy (non-hydrogen) atoms. The van der Waals surface area contributed by atoms with Crippen molar-refractivity contribution in [3.05, 3.63) is 41.7 Å². The van der Waals surface area contributed by atoms with E-state index in [1.54, 1.807) is 7.11 Å². The minimum Gasteiger partial charge on any atom is -0.496 e. The second kappa shape index (κ2) is 9.53. The van der Waals surface area contributed by atoms with E-state index in [0.29, 0.717) is 17.6 Å². The number of carbonyl (C=O) groups is 1. The van der Waals surface area contributed by atoms with Gasteiger partial charge in [-0.25, -0.2) is 9.50 Å². The van der Waals surface area contributed by atoms with Crippen LogP contribution >= 0.6 is 11.8 Å². The number of aryl methyl sites for hydroxylation is 2. The van der Waals surface area contributed by atoms with Crippen molar-refractivity contribution in [2.75, 3.05) is 12.9 Å². The highest BCUT2D eigenvalue weighted by Gasteiger charge is 2.28. The van der Waals surface area contributed by atoms with E-state index in [0.717, 1.165) is 45.4 Å². The molecule has 0 radical (unpaired) electrons. The molecule has 0 spiro atoms. The summed E-state index contributed by atoms with van der Waals surface area (Å²) < 4.78 is 7.43. The molecule has 1 saturated carbocycles. The van der Waals surface area contributed by atoms with Crippen LogP contribution in [-0.4, -0.2) is 39.4 Å². The van der Waals surface area contributed by atoms with Crippen LogP contribution in [-0.2, 0) is 4.79 Å². The van der Waals surface area contributed by atoms with Gasteiger partial charge in [-0.1, -0.05) is 56.7 Å². The molecule has 1 aliphatic rings. The van der Waals surface area contributed by atoms with Gasteiger partial charge in [0.05, 0.1) is 24.1 Å². The normalized spacial score (nSPS) is 21.0. The molecular weight excluding hydrogens is 420 g/mol. The number of thioether (sulfide) groups is 1. The maximum Gasteiger partial charge on any atom is 0.230 e. The topological polar surface area (TPSA) is 68.5 Å². The molecule has 1 aromatic carbocycles. The summed E-state index contributed by atoms with van der Waals surface area (Å²) in [6.45, 7) is 8.50. The number of para-hydroxylation sites is 1. The number of benzene rings is 1. The molecule has 2 aromatic heterocycles. The highest BCUT2D eigenvalue weighted by atomic mass is 32.2. The number of nitrogens with zero attached hydrogens (tertiary/aromatic N) is 3. The lowest BCUT2D eigenvalue weighted by Gasteiger charge is -2.34. The van der Waals surface area contributed by atoms with E-state index in [1.807, 2.05) is 48.7 Å². The van der Waals surface area contributed by atoms with Crippen LogP contribution < -0.4 is 10.1 Å². The number of amides is 1. The number of methoxy groups -OCH3 is 1. The number of ether oxygens (including phenoxy) is 1. The van der Waals surface area contributed by atoms with E-state index >= 15 is 0 Å². The third kappa shape index (κ3) is 4.49. The molecule has 6 nitrogen and oxygen atoms in total. The van der Waals surface area contributed by atoms with E-state index in [2.05, 4.69) is 19.2 Å². The second-order valence-electron chi connectivity index (χ2n) is 8.86. The Morgan fingerprint density at radius 2 is 2.03 bits per heavy atom. The van der Waals surface area contributed by atoms with Gasteiger partial charge in [-0.15, -0.1) is 0 Å². The van der Waals surface area contributed by atoms with Gasteiger partial charge in [0, 0.05) is 17.3 Å². The number of rotatable bonds is 6. The number of hydrogen-bond acceptors (Lipinski definition) is 5. The van der Waals surface area contributed by atoms with Crippen LogP contribution in [0.3, 0.4) is 0 Å². The second-order valence-corrected chi connectivity index (χ2v) is 9.86. The Morgan fingerprint density at radius 1 is 1.25 bits per heavy atom. The van der Waals surface area contributed by atoms with Crippen LogP contribution in [0.2, 0.25) is 0 Å². The quantitative estimate of drug-likeness (QED) is 0.418. The van der Waals surface area contributed by atoms with Gasteiger partial charge >= 0.3 is 0 Å². The molecule has 170 valence electrons. The molecule has 1 aliphatic carbocycles. The Bertz CT molecular complexity index is 1130. The standard InChI is InChI=1S/C25H32N4O2S/c1-15-9-8-11-20(17(15)3)27-22(30)14-32-23-13-16(2)26-25-24(18(4)28-29(23)25)19-10-6-7-12-21(19)31-5/h6-7,10,12-13,15,17,20H,8-9,11,14H2,1-5H3,(H,27,30). The zero-order valence-electron chi connectivity index (χ0n) is 19.5. The van der Waals surface area contributed by atoms with Gasteiger partial charge in [0.2, 0.25) is 5.91 Å². The molecule has 0 bridgehead atoms. The van der Waals surface area contributed by atoms with Crippen molar-refractivity contribution in [3.63, 3.8) is 0 Å². The lowest BCUT2D eigenvalue weighted by molar-refractivity contribution is -0.120. The molecule has 7 heteroatoms. The van der Waals surface area contributed by atoms with Gasteiger partial charge in [-0.05, 0) is 44.2 Å². The number of carbonyl (C=O) groups excluding carboxylic acids is 1. The Labute approximate surface area is 194 Å². The Morgan fingerprint density at radius 3 is 2.81 bits per heavy atom. The first-order valence-corrected chi connectivity index (χ1v) is 12.3. The minimum absolute atomic E-state index is 0.0809. The molecule has 1 amide bonds. The first kappa shape index (κ1) is 22.6. The summed E-state index contributed by atoms with van der Waals surface area (Å²) >= 11 is 1.51. The lowest BCUT2D eigenvalue weighted by atomic mass is 9.78. The highest BCUT2D eigenvalue weighted by molar-refractivity contribution is 7.99. The summed E-state index contributed by atoms with van der Waals surface area (Å²) in [6.07, 6.45) is 3.51. The molecular formula is C25H32N4O2S. The van der Waals surface area contributed by atoms with Crippen molar-refractivity contribution in [3.8, 4) is 16.9 Å². The third-order valence-electron chi connectivity index (χ3n) is 6.64. The monoisotopic (exact) mass is 452 g/mol. The highest BCUT2D eigenvalue weighted by Crippen LogP contribution is 2.36. The van der Waals surface area contributed by atoms with E-state index < -0.39 is 0 Å². The summed E-state index contributed by atoms with van der Waals surface area (Å²) in [5, 5.41) is 8.95. The van der Waals surface area contributed by atoms with Crippen molar-refractivity contribution >= 4 is 23.3 Å². The number of aromatic nitrogens is 3. The van der Waals surface area contributed by atoms with Gasteiger partial charge < -0.3 is 10.1 Å². The third-order valence-corrected chi connectivity index (χ3v) is 7.63. The zero-order valence-corrected chi connectivity index (χ0v) is 20.3. The number of nitrogens with one attached hydrogen (secondary N) is 1. The fourth-order valence-electron chi connectivity index (χ4n) is 4.65. The number of hydrogen-bond donors (Lipinski definition) is 1. The summed E-state index contributed by atoms with van der Waals surface area (Å²) in [4.78, 5) is 17.5. The van der Waals surface area contributed by atoms with Crippen molar-refractivity contribution in [1.29, 1.82) is 0 Å². The van der Waals surface area contributed by atoms with Crippen molar-refractivity contribution in [2.45, 2.75) is 58.0 Å². The minimum atomic E-state index is 0.0809. The summed E-state index contributed by atoms with van der Waals surface area (Å²) in [5.74, 6) is 2.41. The zero-order chi connectivity index (χ0) is 22.8. The first-order chi connectivity index (χ1) is 15.4. The molecule has 1 N–H and O–H groups in total. The van der Waals surface area contributed by atoms with Crippen LogP contribution in [0.15, 0.2) is 35.4 Å². The van der Waals surface area contributed by atoms with Crippen LogP contribution in [0, 0.1) is 25.7 Å². The Kier molecular flexibility index (Phi) is 6.74. The molecule has 4 rings (SSSR count). The number of fused-ring (bicyclic) bond motifs is 1. The van der Waals surface area contributed by atoms with E-state index in [4.69, 9.17) is 14.8 Å². The van der Waals surface area contributed by atoms with Crippen LogP contribution in [0.5, 0.6) is 5.75 Å². The summed E-state index contributed by atoms with van der Waals surface area (Å²) in [7, 11) is 1.67. The molecule has 1 fully saturated rings. The van der Waals surface area contributed by atoms with Gasteiger partial charge in [0.25, 0.3) is 0 Å². The average Bonchev–Trinajstić information content (AvgIpc) is 3.10. The Hall–Kier alpha value is -2.54. The molecule has 0 saturated heterocycles. The Balaban J connectivity index is 1.58.